The standard InChI is InChI=1S/C9H19NO3/c1-5-13-7-6-9(2,10-3)8(11)12-4/h10H,5-7H2,1-4H3. The number of hydrogen-bond donors (Lipinski definition) is 1. The summed E-state index contributed by atoms with van der Waals surface area (Å²) in [5.41, 5.74) is -0.635. The van der Waals surface area contributed by atoms with Crippen molar-refractivity contribution in [3.05, 3.63) is 0 Å². The number of rotatable bonds is 6. The number of nitrogens with one attached hydrogen (secondary N) is 1. The van der Waals surface area contributed by atoms with Gasteiger partial charge in [0.2, 0.25) is 0 Å². The topological polar surface area (TPSA) is 47.6 Å². The van der Waals surface area contributed by atoms with Gasteiger partial charge in [-0.05, 0) is 27.3 Å². The maximum atomic E-state index is 11.3. The van der Waals surface area contributed by atoms with Gasteiger partial charge in [0.25, 0.3) is 0 Å². The van der Waals surface area contributed by atoms with Gasteiger partial charge in [0.05, 0.1) is 7.11 Å². The second-order valence-corrected chi connectivity index (χ2v) is 3.02. The quantitative estimate of drug-likeness (QED) is 0.490. The summed E-state index contributed by atoms with van der Waals surface area (Å²) in [5.74, 6) is -0.255. The first-order valence-corrected chi connectivity index (χ1v) is 4.45. The van der Waals surface area contributed by atoms with E-state index >= 15 is 0 Å². The summed E-state index contributed by atoms with van der Waals surface area (Å²) in [6.07, 6.45) is 0.615. The van der Waals surface area contributed by atoms with Crippen LogP contribution in [0.1, 0.15) is 20.3 Å². The SMILES string of the molecule is CCOCCC(C)(NC)C(=O)OC. The van der Waals surface area contributed by atoms with Gasteiger partial charge in [-0.1, -0.05) is 0 Å². The van der Waals surface area contributed by atoms with Crippen molar-refractivity contribution in [3.63, 3.8) is 0 Å². The smallest absolute Gasteiger partial charge is 0.325 e. The normalized spacial score (nSPS) is 15.1. The number of esters is 1. The summed E-state index contributed by atoms with van der Waals surface area (Å²) in [5, 5.41) is 2.93. The summed E-state index contributed by atoms with van der Waals surface area (Å²) >= 11 is 0. The van der Waals surface area contributed by atoms with Crippen LogP contribution in [0.4, 0.5) is 0 Å². The first kappa shape index (κ1) is 12.4. The lowest BCUT2D eigenvalue weighted by molar-refractivity contribution is -0.148. The largest absolute Gasteiger partial charge is 0.468 e. The Bertz CT molecular complexity index is 161. The van der Waals surface area contributed by atoms with Gasteiger partial charge < -0.3 is 14.8 Å². The fourth-order valence-corrected chi connectivity index (χ4v) is 0.975. The van der Waals surface area contributed by atoms with Crippen molar-refractivity contribution >= 4 is 5.97 Å². The first-order chi connectivity index (χ1) is 6.10. The zero-order chi connectivity index (χ0) is 10.3. The van der Waals surface area contributed by atoms with Crippen LogP contribution in [-0.4, -0.2) is 38.9 Å². The van der Waals surface area contributed by atoms with Crippen molar-refractivity contribution in [1.29, 1.82) is 0 Å². The average Bonchev–Trinajstić information content (AvgIpc) is 2.16. The molecule has 0 fully saturated rings. The van der Waals surface area contributed by atoms with Crippen LogP contribution in [0.25, 0.3) is 0 Å². The van der Waals surface area contributed by atoms with E-state index in [0.29, 0.717) is 19.6 Å². The van der Waals surface area contributed by atoms with E-state index in [-0.39, 0.29) is 5.97 Å². The van der Waals surface area contributed by atoms with Crippen LogP contribution in [0.5, 0.6) is 0 Å². The first-order valence-electron chi connectivity index (χ1n) is 4.45. The molecule has 0 radical (unpaired) electrons. The van der Waals surface area contributed by atoms with Crippen molar-refractivity contribution in [2.45, 2.75) is 25.8 Å². The van der Waals surface area contributed by atoms with Crippen molar-refractivity contribution in [1.82, 2.24) is 5.32 Å². The number of carbonyl (C=O) groups excluding carboxylic acids is 1. The zero-order valence-electron chi connectivity index (χ0n) is 8.85. The fourth-order valence-electron chi connectivity index (χ4n) is 0.975. The van der Waals surface area contributed by atoms with E-state index in [1.54, 1.807) is 14.0 Å². The molecule has 78 valence electrons. The highest BCUT2D eigenvalue weighted by atomic mass is 16.5. The van der Waals surface area contributed by atoms with E-state index in [1.807, 2.05) is 6.92 Å². The number of likely N-dealkylation sites (N-methyl/N-ethyl adjacent to an activating group) is 1. The van der Waals surface area contributed by atoms with Crippen LogP contribution in [0.15, 0.2) is 0 Å². The van der Waals surface area contributed by atoms with Gasteiger partial charge in [0.1, 0.15) is 5.54 Å². The molecule has 0 aromatic heterocycles. The molecular weight excluding hydrogens is 170 g/mol. The molecule has 4 heteroatoms. The summed E-state index contributed by atoms with van der Waals surface area (Å²) in [6.45, 7) is 4.95. The second-order valence-electron chi connectivity index (χ2n) is 3.02. The van der Waals surface area contributed by atoms with E-state index in [1.165, 1.54) is 7.11 Å². The summed E-state index contributed by atoms with van der Waals surface area (Å²) in [4.78, 5) is 11.3. The molecular formula is C9H19NO3. The highest BCUT2D eigenvalue weighted by Crippen LogP contribution is 2.10. The van der Waals surface area contributed by atoms with Crippen LogP contribution < -0.4 is 5.32 Å². The molecule has 0 aromatic carbocycles. The lowest BCUT2D eigenvalue weighted by Crippen LogP contribution is -2.49. The molecule has 0 amide bonds. The maximum Gasteiger partial charge on any atom is 0.325 e. The molecule has 0 bridgehead atoms. The van der Waals surface area contributed by atoms with Crippen molar-refractivity contribution in [3.8, 4) is 0 Å². The van der Waals surface area contributed by atoms with E-state index in [9.17, 15) is 4.79 Å². The van der Waals surface area contributed by atoms with Gasteiger partial charge in [-0.2, -0.15) is 0 Å². The molecule has 4 nitrogen and oxygen atoms in total. The Morgan fingerprint density at radius 2 is 2.15 bits per heavy atom. The highest BCUT2D eigenvalue weighted by molar-refractivity contribution is 5.80. The molecule has 0 spiro atoms. The third kappa shape index (κ3) is 3.74. The minimum Gasteiger partial charge on any atom is -0.468 e. The third-order valence-corrected chi connectivity index (χ3v) is 2.14. The summed E-state index contributed by atoms with van der Waals surface area (Å²) in [7, 11) is 3.13. The molecule has 13 heavy (non-hydrogen) atoms. The van der Waals surface area contributed by atoms with Gasteiger partial charge >= 0.3 is 5.97 Å². The van der Waals surface area contributed by atoms with Gasteiger partial charge in [0, 0.05) is 13.2 Å². The maximum absolute atomic E-state index is 11.3. The Kier molecular flexibility index (Phi) is 5.66. The van der Waals surface area contributed by atoms with Crippen LogP contribution in [0, 0.1) is 0 Å². The molecule has 0 aliphatic carbocycles. The minimum absolute atomic E-state index is 0.255. The fraction of sp³-hybridized carbons (Fsp3) is 0.889. The number of carbonyl (C=O) groups is 1. The van der Waals surface area contributed by atoms with Crippen molar-refractivity contribution < 1.29 is 14.3 Å². The summed E-state index contributed by atoms with van der Waals surface area (Å²) < 4.78 is 9.86. The average molecular weight is 189 g/mol. The molecule has 0 saturated carbocycles. The van der Waals surface area contributed by atoms with E-state index in [2.05, 4.69) is 10.1 Å². The van der Waals surface area contributed by atoms with E-state index in [4.69, 9.17) is 4.74 Å². The molecule has 0 heterocycles. The van der Waals surface area contributed by atoms with Crippen molar-refractivity contribution in [2.24, 2.45) is 0 Å². The molecule has 0 aromatic rings. The monoisotopic (exact) mass is 189 g/mol. The Labute approximate surface area is 79.6 Å². The zero-order valence-corrected chi connectivity index (χ0v) is 8.85. The van der Waals surface area contributed by atoms with E-state index in [0.717, 1.165) is 0 Å². The van der Waals surface area contributed by atoms with Gasteiger partial charge in [0.15, 0.2) is 0 Å². The van der Waals surface area contributed by atoms with Gasteiger partial charge in [-0.15, -0.1) is 0 Å². The van der Waals surface area contributed by atoms with Gasteiger partial charge in [-0.3, -0.25) is 4.79 Å². The molecule has 0 aliphatic rings. The number of hydrogen-bond acceptors (Lipinski definition) is 4. The lowest BCUT2D eigenvalue weighted by atomic mass is 9.99. The van der Waals surface area contributed by atoms with Crippen molar-refractivity contribution in [2.75, 3.05) is 27.4 Å². The molecule has 1 atom stereocenters. The lowest BCUT2D eigenvalue weighted by Gasteiger charge is -2.25. The highest BCUT2D eigenvalue weighted by Gasteiger charge is 2.31. The van der Waals surface area contributed by atoms with Crippen LogP contribution in [0.3, 0.4) is 0 Å². The molecule has 0 rings (SSSR count). The Balaban J connectivity index is 4.03. The summed E-state index contributed by atoms with van der Waals surface area (Å²) in [6, 6.07) is 0. The molecule has 0 saturated heterocycles. The second kappa shape index (κ2) is 5.94. The molecule has 0 aliphatic heterocycles. The predicted molar refractivity (Wildman–Crippen MR) is 50.6 cm³/mol. The minimum atomic E-state index is -0.635. The van der Waals surface area contributed by atoms with Gasteiger partial charge in [-0.25, -0.2) is 0 Å². The third-order valence-electron chi connectivity index (χ3n) is 2.14. The van der Waals surface area contributed by atoms with Crippen LogP contribution in [-0.2, 0) is 14.3 Å². The molecule has 1 N–H and O–H groups in total. The number of ether oxygens (including phenoxy) is 2. The van der Waals surface area contributed by atoms with E-state index < -0.39 is 5.54 Å². The number of methoxy groups -OCH3 is 1. The van der Waals surface area contributed by atoms with Crippen LogP contribution >= 0.6 is 0 Å². The Morgan fingerprint density at radius 1 is 1.54 bits per heavy atom. The van der Waals surface area contributed by atoms with Crippen LogP contribution in [0.2, 0.25) is 0 Å². The predicted octanol–water partition coefficient (Wildman–Crippen LogP) is 0.564. The molecule has 1 unspecified atom stereocenters. The Morgan fingerprint density at radius 3 is 2.54 bits per heavy atom. The Hall–Kier alpha value is -0.610.